The predicted molar refractivity (Wildman–Crippen MR) is 96.3 cm³/mol. The van der Waals surface area contributed by atoms with Crippen LogP contribution in [0.3, 0.4) is 0 Å². The number of esters is 2. The molecule has 0 radical (unpaired) electrons. The van der Waals surface area contributed by atoms with Crippen molar-refractivity contribution in [1.29, 1.82) is 0 Å². The van der Waals surface area contributed by atoms with Crippen LogP contribution in [-0.4, -0.2) is 30.4 Å². The highest BCUT2D eigenvalue weighted by Gasteiger charge is 2.31. The minimum Gasteiger partial charge on any atom is -0.459 e. The molecule has 2 aromatic carbocycles. The molecular weight excluding hydrogens is 332 g/mol. The van der Waals surface area contributed by atoms with Crippen LogP contribution in [0.5, 0.6) is 0 Å². The van der Waals surface area contributed by atoms with Crippen LogP contribution in [0.2, 0.25) is 0 Å². The minimum atomic E-state index is -0.714. The lowest BCUT2D eigenvalue weighted by molar-refractivity contribution is -0.149. The van der Waals surface area contributed by atoms with Crippen molar-refractivity contribution in [2.24, 2.45) is 4.99 Å². The van der Waals surface area contributed by atoms with Gasteiger partial charge in [-0.25, -0.2) is 9.59 Å². The van der Waals surface area contributed by atoms with Gasteiger partial charge in [-0.05, 0) is 11.1 Å². The molecule has 0 bridgehead atoms. The van der Waals surface area contributed by atoms with Crippen molar-refractivity contribution in [3.05, 3.63) is 71.8 Å². The first-order valence-corrected chi connectivity index (χ1v) is 8.41. The quantitative estimate of drug-likeness (QED) is 0.807. The maximum Gasteiger partial charge on any atom is 0.331 e. The molecule has 0 saturated carbocycles. The molecule has 2 aromatic rings. The summed E-state index contributed by atoms with van der Waals surface area (Å²) in [5.41, 5.74) is 1.81. The van der Waals surface area contributed by atoms with Crippen LogP contribution in [0.1, 0.15) is 17.5 Å². The summed E-state index contributed by atoms with van der Waals surface area (Å²) in [6, 6.07) is 17.5. The Kier molecular flexibility index (Phi) is 5.98. The van der Waals surface area contributed by atoms with Crippen molar-refractivity contribution in [2.45, 2.75) is 31.7 Å². The molecule has 0 amide bonds. The van der Waals surface area contributed by atoms with Gasteiger partial charge in [-0.15, -0.1) is 0 Å². The molecule has 6 nitrogen and oxygen atoms in total. The van der Waals surface area contributed by atoms with E-state index < -0.39 is 24.0 Å². The van der Waals surface area contributed by atoms with Gasteiger partial charge < -0.3 is 14.8 Å². The zero-order valence-corrected chi connectivity index (χ0v) is 14.2. The number of rotatable bonds is 6. The number of hydrogen-bond acceptors (Lipinski definition) is 6. The number of aliphatic imine (C=N–C) groups is 1. The molecule has 0 aliphatic carbocycles. The van der Waals surface area contributed by atoms with Gasteiger partial charge in [-0.3, -0.25) is 4.99 Å². The Morgan fingerprint density at radius 2 is 1.42 bits per heavy atom. The molecule has 0 saturated heterocycles. The number of benzene rings is 2. The number of ether oxygens (including phenoxy) is 2. The van der Waals surface area contributed by atoms with E-state index in [0.717, 1.165) is 11.1 Å². The molecule has 3 rings (SSSR count). The molecule has 1 N–H and O–H groups in total. The topological polar surface area (TPSA) is 77.0 Å². The Morgan fingerprint density at radius 3 is 2.00 bits per heavy atom. The number of carbonyl (C=O) groups excluding carboxylic acids is 2. The van der Waals surface area contributed by atoms with E-state index in [1.54, 1.807) is 0 Å². The fourth-order valence-electron chi connectivity index (χ4n) is 2.55. The lowest BCUT2D eigenvalue weighted by atomic mass is 10.1. The molecule has 26 heavy (non-hydrogen) atoms. The summed E-state index contributed by atoms with van der Waals surface area (Å²) in [7, 11) is 0. The molecule has 0 spiro atoms. The Balaban J connectivity index is 1.48. The summed E-state index contributed by atoms with van der Waals surface area (Å²) in [5.74, 6) is -0.867. The molecule has 1 heterocycles. The van der Waals surface area contributed by atoms with Gasteiger partial charge in [0.2, 0.25) is 0 Å². The Hall–Kier alpha value is -3.15. The predicted octanol–water partition coefficient (Wildman–Crippen LogP) is 2.23. The van der Waals surface area contributed by atoms with Crippen molar-refractivity contribution >= 4 is 18.3 Å². The highest BCUT2D eigenvalue weighted by atomic mass is 16.5. The minimum absolute atomic E-state index is 0.183. The second-order valence-electron chi connectivity index (χ2n) is 5.94. The summed E-state index contributed by atoms with van der Waals surface area (Å²) in [4.78, 5) is 28.5. The van der Waals surface area contributed by atoms with Crippen LogP contribution in [0, 0.1) is 0 Å². The molecular formula is C20H20N2O4. The second kappa shape index (κ2) is 8.80. The molecule has 0 aromatic heterocycles. The van der Waals surface area contributed by atoms with E-state index in [2.05, 4.69) is 10.3 Å². The smallest absolute Gasteiger partial charge is 0.331 e. The highest BCUT2D eigenvalue weighted by Crippen LogP contribution is 2.12. The van der Waals surface area contributed by atoms with E-state index in [-0.39, 0.29) is 19.6 Å². The monoisotopic (exact) mass is 352 g/mol. The Bertz CT molecular complexity index is 762. The van der Waals surface area contributed by atoms with Gasteiger partial charge in [-0.1, -0.05) is 60.7 Å². The van der Waals surface area contributed by atoms with Gasteiger partial charge in [0.25, 0.3) is 0 Å². The summed E-state index contributed by atoms with van der Waals surface area (Å²) < 4.78 is 10.6. The van der Waals surface area contributed by atoms with Crippen LogP contribution < -0.4 is 5.32 Å². The van der Waals surface area contributed by atoms with Crippen LogP contribution in [0.4, 0.5) is 0 Å². The third-order valence-electron chi connectivity index (χ3n) is 3.99. The van der Waals surface area contributed by atoms with E-state index >= 15 is 0 Å². The van der Waals surface area contributed by atoms with E-state index in [1.807, 2.05) is 60.7 Å². The summed E-state index contributed by atoms with van der Waals surface area (Å²) in [5, 5.41) is 2.84. The first kappa shape index (κ1) is 17.7. The van der Waals surface area contributed by atoms with Crippen molar-refractivity contribution in [2.75, 3.05) is 0 Å². The maximum absolute atomic E-state index is 12.2. The Labute approximate surface area is 151 Å². The fourth-order valence-corrected chi connectivity index (χ4v) is 2.55. The van der Waals surface area contributed by atoms with E-state index in [1.165, 1.54) is 6.34 Å². The van der Waals surface area contributed by atoms with Crippen molar-refractivity contribution in [3.8, 4) is 0 Å². The van der Waals surface area contributed by atoms with Crippen molar-refractivity contribution < 1.29 is 19.1 Å². The third kappa shape index (κ3) is 4.92. The van der Waals surface area contributed by atoms with Gasteiger partial charge >= 0.3 is 11.9 Å². The zero-order valence-electron chi connectivity index (χ0n) is 14.2. The average molecular weight is 352 g/mol. The van der Waals surface area contributed by atoms with Gasteiger partial charge in [0.1, 0.15) is 19.3 Å². The number of nitrogens with one attached hydrogen (secondary N) is 1. The first-order chi connectivity index (χ1) is 12.7. The maximum atomic E-state index is 12.2. The summed E-state index contributed by atoms with van der Waals surface area (Å²) in [6.07, 6.45) is 1.57. The largest absolute Gasteiger partial charge is 0.459 e. The van der Waals surface area contributed by atoms with Gasteiger partial charge in [0.15, 0.2) is 6.04 Å². The lowest BCUT2D eigenvalue weighted by Crippen LogP contribution is -2.45. The molecule has 6 heteroatoms. The van der Waals surface area contributed by atoms with Gasteiger partial charge in [0, 0.05) is 6.42 Å². The number of hydrogen-bond donors (Lipinski definition) is 1. The second-order valence-corrected chi connectivity index (χ2v) is 5.94. The van der Waals surface area contributed by atoms with Gasteiger partial charge in [0.05, 0.1) is 6.34 Å². The zero-order chi connectivity index (χ0) is 18.2. The van der Waals surface area contributed by atoms with E-state index in [9.17, 15) is 9.59 Å². The van der Waals surface area contributed by atoms with Gasteiger partial charge in [-0.2, -0.15) is 0 Å². The molecule has 0 fully saturated rings. The molecule has 2 atom stereocenters. The molecule has 134 valence electrons. The average Bonchev–Trinajstić information content (AvgIpc) is 2.72. The highest BCUT2D eigenvalue weighted by molar-refractivity contribution is 5.84. The summed E-state index contributed by atoms with van der Waals surface area (Å²) >= 11 is 0. The lowest BCUT2D eigenvalue weighted by Gasteiger charge is -2.23. The molecule has 1 aliphatic heterocycles. The third-order valence-corrected chi connectivity index (χ3v) is 3.99. The van der Waals surface area contributed by atoms with Crippen LogP contribution >= 0.6 is 0 Å². The molecule has 2 unspecified atom stereocenters. The van der Waals surface area contributed by atoms with Crippen LogP contribution in [0.25, 0.3) is 0 Å². The Morgan fingerprint density at radius 1 is 0.885 bits per heavy atom. The summed E-state index contributed by atoms with van der Waals surface area (Å²) in [6.45, 7) is 0.375. The van der Waals surface area contributed by atoms with Crippen molar-refractivity contribution in [1.82, 2.24) is 5.32 Å². The van der Waals surface area contributed by atoms with Crippen LogP contribution in [-0.2, 0) is 32.3 Å². The fraction of sp³-hybridized carbons (Fsp3) is 0.250. The number of nitrogens with zero attached hydrogens (tertiary/aromatic N) is 1. The normalized spacial score (nSPS) is 18.6. The van der Waals surface area contributed by atoms with E-state index in [4.69, 9.17) is 9.47 Å². The number of carbonyl (C=O) groups is 2. The molecule has 1 aliphatic rings. The standard InChI is InChI=1S/C20H20N2O4/c23-19(25-12-15-7-3-1-4-8-15)17-11-18(22-14-21-17)20(24)26-13-16-9-5-2-6-10-16/h1-10,14,17-18H,11-13H2,(H,21,22). The van der Waals surface area contributed by atoms with Crippen LogP contribution in [0.15, 0.2) is 65.7 Å². The first-order valence-electron chi connectivity index (χ1n) is 8.41. The van der Waals surface area contributed by atoms with Crippen molar-refractivity contribution in [3.63, 3.8) is 0 Å². The SMILES string of the molecule is O=C(OCc1ccccc1)C1CC(C(=O)OCc2ccccc2)NC=N1. The van der Waals surface area contributed by atoms with E-state index in [0.29, 0.717) is 0 Å².